The van der Waals surface area contributed by atoms with E-state index in [0.717, 1.165) is 22.3 Å². The predicted molar refractivity (Wildman–Crippen MR) is 156 cm³/mol. The number of esters is 1. The maximum atomic E-state index is 13.4. The first-order valence-corrected chi connectivity index (χ1v) is 13.5. The average Bonchev–Trinajstić information content (AvgIpc) is 2.98. The predicted octanol–water partition coefficient (Wildman–Crippen LogP) is 4.85. The zero-order valence-corrected chi connectivity index (χ0v) is 23.7. The Morgan fingerprint density at radius 1 is 0.878 bits per heavy atom. The Morgan fingerprint density at radius 3 is 2.34 bits per heavy atom. The Kier molecular flexibility index (Phi) is 11.9. The van der Waals surface area contributed by atoms with Crippen LogP contribution in [0.3, 0.4) is 0 Å². The highest BCUT2D eigenvalue weighted by molar-refractivity contribution is 6.01. The third kappa shape index (κ3) is 10.1. The van der Waals surface area contributed by atoms with Gasteiger partial charge in [0.15, 0.2) is 0 Å². The highest BCUT2D eigenvalue weighted by Crippen LogP contribution is 2.18. The molecule has 9 nitrogen and oxygen atoms in total. The Hall–Kier alpha value is -4.66. The van der Waals surface area contributed by atoms with Crippen molar-refractivity contribution in [2.45, 2.75) is 52.2 Å². The van der Waals surface area contributed by atoms with Crippen LogP contribution in [-0.2, 0) is 32.1 Å². The third-order valence-corrected chi connectivity index (χ3v) is 6.64. The van der Waals surface area contributed by atoms with Crippen molar-refractivity contribution in [3.8, 4) is 0 Å². The number of carbonyl (C=O) groups excluding carboxylic acids is 4. The number of rotatable bonds is 13. The van der Waals surface area contributed by atoms with Gasteiger partial charge in [-0.1, -0.05) is 54.6 Å². The van der Waals surface area contributed by atoms with Crippen molar-refractivity contribution >= 4 is 29.6 Å². The first kappa shape index (κ1) is 30.9. The standard InChI is InChI=1S/C32H37N3O6/c1-22-15-16-26(20-23(22)2)30(37)35-28(14-9-19-33-32(39)41-21-24-10-5-4-6-11-24)31(38)34-27-13-8-7-12-25(27)17-18-29(36)40-3/h4-8,10-13,15-16,20,28H,9,14,17-19,21H2,1-3H3,(H,33,39)(H,34,38)(H,35,37)/t28-/m0/s1. The van der Waals surface area contributed by atoms with Crippen LogP contribution < -0.4 is 16.0 Å². The summed E-state index contributed by atoms with van der Waals surface area (Å²) in [5, 5.41) is 8.43. The second-order valence-corrected chi connectivity index (χ2v) is 9.68. The molecular formula is C32H37N3O6. The molecule has 3 N–H and O–H groups in total. The highest BCUT2D eigenvalue weighted by Gasteiger charge is 2.23. The number of amides is 3. The summed E-state index contributed by atoms with van der Waals surface area (Å²) >= 11 is 0. The van der Waals surface area contributed by atoms with Gasteiger partial charge in [0.25, 0.3) is 5.91 Å². The summed E-state index contributed by atoms with van der Waals surface area (Å²) in [5.74, 6) is -1.12. The number of hydrogen-bond acceptors (Lipinski definition) is 6. The van der Waals surface area contributed by atoms with Crippen molar-refractivity contribution < 1.29 is 28.7 Å². The molecule has 216 valence electrons. The van der Waals surface area contributed by atoms with Crippen LogP contribution in [0.5, 0.6) is 0 Å². The lowest BCUT2D eigenvalue weighted by Crippen LogP contribution is -2.44. The molecule has 0 radical (unpaired) electrons. The Morgan fingerprint density at radius 2 is 1.61 bits per heavy atom. The van der Waals surface area contributed by atoms with Crippen LogP contribution in [0, 0.1) is 13.8 Å². The molecule has 0 aromatic heterocycles. The van der Waals surface area contributed by atoms with Crippen LogP contribution >= 0.6 is 0 Å². The van der Waals surface area contributed by atoms with E-state index in [1.807, 2.05) is 62.4 Å². The number of methoxy groups -OCH3 is 1. The number of hydrogen-bond donors (Lipinski definition) is 3. The molecule has 0 saturated heterocycles. The molecule has 0 bridgehead atoms. The lowest BCUT2D eigenvalue weighted by atomic mass is 10.0. The van der Waals surface area contributed by atoms with Gasteiger partial charge in [-0.05, 0) is 73.6 Å². The highest BCUT2D eigenvalue weighted by atomic mass is 16.5. The SMILES string of the molecule is COC(=O)CCc1ccccc1NC(=O)[C@H](CCCNC(=O)OCc1ccccc1)NC(=O)c1ccc(C)c(C)c1. The zero-order valence-electron chi connectivity index (χ0n) is 23.7. The average molecular weight is 560 g/mol. The van der Waals surface area contributed by atoms with E-state index in [1.165, 1.54) is 7.11 Å². The smallest absolute Gasteiger partial charge is 0.407 e. The molecule has 3 amide bonds. The Balaban J connectivity index is 1.63. The second kappa shape index (κ2) is 15.8. The fourth-order valence-electron chi connectivity index (χ4n) is 4.08. The van der Waals surface area contributed by atoms with E-state index in [4.69, 9.17) is 9.47 Å². The third-order valence-electron chi connectivity index (χ3n) is 6.64. The molecule has 0 aliphatic heterocycles. The molecule has 0 saturated carbocycles. The van der Waals surface area contributed by atoms with Gasteiger partial charge in [-0.25, -0.2) is 4.79 Å². The molecule has 1 atom stereocenters. The van der Waals surface area contributed by atoms with E-state index < -0.39 is 18.0 Å². The Labute approximate surface area is 240 Å². The molecule has 3 aromatic carbocycles. The minimum absolute atomic E-state index is 0.152. The van der Waals surface area contributed by atoms with Crippen molar-refractivity contribution in [3.63, 3.8) is 0 Å². The first-order chi connectivity index (χ1) is 19.8. The van der Waals surface area contributed by atoms with Crippen molar-refractivity contribution in [2.75, 3.05) is 19.0 Å². The fraction of sp³-hybridized carbons (Fsp3) is 0.312. The van der Waals surface area contributed by atoms with Crippen LogP contribution in [0.2, 0.25) is 0 Å². The van der Waals surface area contributed by atoms with Crippen LogP contribution in [0.15, 0.2) is 72.8 Å². The summed E-state index contributed by atoms with van der Waals surface area (Å²) in [7, 11) is 1.33. The van der Waals surface area contributed by atoms with E-state index >= 15 is 0 Å². The second-order valence-electron chi connectivity index (χ2n) is 9.68. The summed E-state index contributed by atoms with van der Waals surface area (Å²) < 4.78 is 9.96. The lowest BCUT2D eigenvalue weighted by Gasteiger charge is -2.20. The molecular weight excluding hydrogens is 522 g/mol. The lowest BCUT2D eigenvalue weighted by molar-refractivity contribution is -0.140. The normalized spacial score (nSPS) is 11.2. The first-order valence-electron chi connectivity index (χ1n) is 13.5. The largest absolute Gasteiger partial charge is 0.469 e. The molecule has 0 fully saturated rings. The van der Waals surface area contributed by atoms with Gasteiger partial charge in [0.2, 0.25) is 5.91 Å². The molecule has 3 aromatic rings. The quantitative estimate of drug-likeness (QED) is 0.203. The molecule has 0 aliphatic carbocycles. The molecule has 0 heterocycles. The van der Waals surface area contributed by atoms with Gasteiger partial charge in [-0.15, -0.1) is 0 Å². The molecule has 41 heavy (non-hydrogen) atoms. The number of nitrogens with one attached hydrogen (secondary N) is 3. The number of anilines is 1. The van der Waals surface area contributed by atoms with Gasteiger partial charge < -0.3 is 25.4 Å². The van der Waals surface area contributed by atoms with Gasteiger partial charge in [0.05, 0.1) is 7.11 Å². The van der Waals surface area contributed by atoms with Gasteiger partial charge in [-0.3, -0.25) is 14.4 Å². The summed E-state index contributed by atoms with van der Waals surface area (Å²) in [6, 6.07) is 21.0. The van der Waals surface area contributed by atoms with Crippen molar-refractivity contribution in [2.24, 2.45) is 0 Å². The van der Waals surface area contributed by atoms with Crippen LogP contribution in [0.1, 0.15) is 51.9 Å². The van der Waals surface area contributed by atoms with Gasteiger partial charge in [0.1, 0.15) is 12.6 Å². The number of para-hydroxylation sites is 1. The fourth-order valence-corrected chi connectivity index (χ4v) is 4.08. The van der Waals surface area contributed by atoms with Crippen LogP contribution in [0.25, 0.3) is 0 Å². The maximum Gasteiger partial charge on any atom is 0.407 e. The van der Waals surface area contributed by atoms with Crippen molar-refractivity contribution in [1.82, 2.24) is 10.6 Å². The van der Waals surface area contributed by atoms with E-state index in [-0.39, 0.29) is 37.9 Å². The molecule has 0 spiro atoms. The minimum atomic E-state index is -0.875. The molecule has 0 aliphatic rings. The zero-order chi connectivity index (χ0) is 29.6. The van der Waals surface area contributed by atoms with E-state index in [2.05, 4.69) is 16.0 Å². The van der Waals surface area contributed by atoms with Gasteiger partial charge in [-0.2, -0.15) is 0 Å². The Bertz CT molecular complexity index is 1340. The van der Waals surface area contributed by atoms with E-state index in [0.29, 0.717) is 24.1 Å². The summed E-state index contributed by atoms with van der Waals surface area (Å²) in [6.07, 6.45) is 0.676. The summed E-state index contributed by atoms with van der Waals surface area (Å²) in [4.78, 5) is 50.2. The topological polar surface area (TPSA) is 123 Å². The summed E-state index contributed by atoms with van der Waals surface area (Å²) in [6.45, 7) is 4.29. The minimum Gasteiger partial charge on any atom is -0.469 e. The summed E-state index contributed by atoms with van der Waals surface area (Å²) in [5.41, 5.74) is 4.68. The van der Waals surface area contributed by atoms with Gasteiger partial charge >= 0.3 is 12.1 Å². The molecule has 9 heteroatoms. The number of carbonyl (C=O) groups is 4. The van der Waals surface area contributed by atoms with Gasteiger partial charge in [0, 0.05) is 24.2 Å². The maximum absolute atomic E-state index is 13.4. The monoisotopic (exact) mass is 559 g/mol. The number of benzene rings is 3. The van der Waals surface area contributed by atoms with Crippen LogP contribution in [0.4, 0.5) is 10.5 Å². The number of ether oxygens (including phenoxy) is 2. The van der Waals surface area contributed by atoms with E-state index in [1.54, 1.807) is 24.3 Å². The van der Waals surface area contributed by atoms with Crippen molar-refractivity contribution in [1.29, 1.82) is 0 Å². The van der Waals surface area contributed by atoms with E-state index in [9.17, 15) is 19.2 Å². The number of alkyl carbamates (subject to hydrolysis) is 1. The molecule has 3 rings (SSSR count). The van der Waals surface area contributed by atoms with Crippen LogP contribution in [-0.4, -0.2) is 43.6 Å². The van der Waals surface area contributed by atoms with Crippen molar-refractivity contribution in [3.05, 3.63) is 101 Å². The molecule has 0 unspecified atom stereocenters. The number of aryl methyl sites for hydroxylation is 3.